The molecule has 1 fully saturated rings. The van der Waals surface area contributed by atoms with Gasteiger partial charge in [-0.2, -0.15) is 0 Å². The van der Waals surface area contributed by atoms with Crippen molar-refractivity contribution >= 4 is 5.91 Å². The maximum absolute atomic E-state index is 12.0. The summed E-state index contributed by atoms with van der Waals surface area (Å²) in [5.74, 6) is 0.346. The Balaban J connectivity index is 1.84. The fourth-order valence-corrected chi connectivity index (χ4v) is 2.28. The van der Waals surface area contributed by atoms with Crippen LogP contribution in [0.15, 0.2) is 24.3 Å². The minimum atomic E-state index is 0.170. The Labute approximate surface area is 108 Å². The van der Waals surface area contributed by atoms with Gasteiger partial charge in [0, 0.05) is 19.0 Å². The number of carbonyl (C=O) groups is 1. The van der Waals surface area contributed by atoms with Crippen LogP contribution in [-0.4, -0.2) is 19.0 Å². The van der Waals surface area contributed by atoms with Crippen LogP contribution in [0.2, 0.25) is 0 Å². The number of rotatable bonds is 4. The molecule has 1 aliphatic rings. The van der Waals surface area contributed by atoms with Gasteiger partial charge in [-0.05, 0) is 37.1 Å². The Morgan fingerprint density at radius 1 is 1.33 bits per heavy atom. The molecular weight excluding hydrogens is 226 g/mol. The molecule has 1 amide bonds. The largest absolute Gasteiger partial charge is 0.352 e. The third kappa shape index (κ3) is 3.55. The zero-order valence-corrected chi connectivity index (χ0v) is 10.6. The Hall–Kier alpha value is -1.39. The minimum Gasteiger partial charge on any atom is -0.352 e. The third-order valence-corrected chi connectivity index (χ3v) is 3.40. The van der Waals surface area contributed by atoms with Crippen molar-refractivity contribution in [1.82, 2.24) is 10.6 Å². The normalized spacial score (nSPS) is 16.5. The van der Waals surface area contributed by atoms with Crippen molar-refractivity contribution in [2.45, 2.75) is 25.9 Å². The van der Waals surface area contributed by atoms with Gasteiger partial charge in [0.25, 0.3) is 0 Å². The first-order valence-electron chi connectivity index (χ1n) is 6.56. The first kappa shape index (κ1) is 13.1. The lowest BCUT2D eigenvalue weighted by Gasteiger charge is -2.21. The number of nitrogens with one attached hydrogen (secondary N) is 2. The van der Waals surface area contributed by atoms with Crippen molar-refractivity contribution in [3.05, 3.63) is 35.4 Å². The lowest BCUT2D eigenvalue weighted by molar-refractivity contribution is -0.125. The molecule has 2 rings (SSSR count). The van der Waals surface area contributed by atoms with E-state index in [1.165, 1.54) is 0 Å². The first-order valence-corrected chi connectivity index (χ1v) is 6.56. The SMILES string of the molecule is NCc1cccc(CNC(=O)C2CCNCC2)c1. The van der Waals surface area contributed by atoms with E-state index in [4.69, 9.17) is 5.73 Å². The van der Waals surface area contributed by atoms with E-state index in [0.29, 0.717) is 13.1 Å². The summed E-state index contributed by atoms with van der Waals surface area (Å²) in [5.41, 5.74) is 7.81. The average Bonchev–Trinajstić information content (AvgIpc) is 2.46. The van der Waals surface area contributed by atoms with Gasteiger partial charge in [0.2, 0.25) is 5.91 Å². The standard InChI is InChI=1S/C14H21N3O/c15-9-11-2-1-3-12(8-11)10-17-14(18)13-4-6-16-7-5-13/h1-3,8,13,16H,4-7,9-10,15H2,(H,17,18). The first-order chi connectivity index (χ1) is 8.79. The number of hydrogen-bond acceptors (Lipinski definition) is 3. The lowest BCUT2D eigenvalue weighted by atomic mass is 9.97. The maximum atomic E-state index is 12.0. The number of amides is 1. The topological polar surface area (TPSA) is 67.1 Å². The van der Waals surface area contributed by atoms with Gasteiger partial charge >= 0.3 is 0 Å². The van der Waals surface area contributed by atoms with E-state index in [0.717, 1.165) is 37.1 Å². The summed E-state index contributed by atoms with van der Waals surface area (Å²) in [5, 5.41) is 6.28. The molecule has 1 heterocycles. The summed E-state index contributed by atoms with van der Waals surface area (Å²) in [6.07, 6.45) is 1.88. The van der Waals surface area contributed by atoms with Gasteiger partial charge in [-0.3, -0.25) is 4.79 Å². The van der Waals surface area contributed by atoms with Gasteiger partial charge in [-0.1, -0.05) is 24.3 Å². The van der Waals surface area contributed by atoms with E-state index in [2.05, 4.69) is 10.6 Å². The zero-order valence-electron chi connectivity index (χ0n) is 10.6. The van der Waals surface area contributed by atoms with E-state index < -0.39 is 0 Å². The van der Waals surface area contributed by atoms with Crippen LogP contribution in [0.3, 0.4) is 0 Å². The predicted octanol–water partition coefficient (Wildman–Crippen LogP) is 0.761. The van der Waals surface area contributed by atoms with E-state index in [1.54, 1.807) is 0 Å². The van der Waals surface area contributed by atoms with Crippen LogP contribution in [0.25, 0.3) is 0 Å². The van der Waals surface area contributed by atoms with Crippen LogP contribution in [0.1, 0.15) is 24.0 Å². The molecule has 18 heavy (non-hydrogen) atoms. The minimum absolute atomic E-state index is 0.170. The Morgan fingerprint density at radius 3 is 2.78 bits per heavy atom. The fourth-order valence-electron chi connectivity index (χ4n) is 2.28. The van der Waals surface area contributed by atoms with Gasteiger partial charge < -0.3 is 16.4 Å². The molecule has 0 aliphatic carbocycles. The van der Waals surface area contributed by atoms with E-state index in [9.17, 15) is 4.79 Å². The molecule has 0 spiro atoms. The van der Waals surface area contributed by atoms with Crippen LogP contribution in [0, 0.1) is 5.92 Å². The van der Waals surface area contributed by atoms with Gasteiger partial charge in [-0.15, -0.1) is 0 Å². The highest BCUT2D eigenvalue weighted by atomic mass is 16.1. The van der Waals surface area contributed by atoms with Crippen molar-refractivity contribution in [2.24, 2.45) is 11.7 Å². The number of carbonyl (C=O) groups excluding carboxylic acids is 1. The Morgan fingerprint density at radius 2 is 2.06 bits per heavy atom. The molecule has 0 aromatic heterocycles. The predicted molar refractivity (Wildman–Crippen MR) is 71.8 cm³/mol. The van der Waals surface area contributed by atoms with Crippen LogP contribution >= 0.6 is 0 Å². The summed E-state index contributed by atoms with van der Waals surface area (Å²) in [6.45, 7) is 3.02. The van der Waals surface area contributed by atoms with Crippen molar-refractivity contribution in [3.8, 4) is 0 Å². The highest BCUT2D eigenvalue weighted by Crippen LogP contribution is 2.12. The van der Waals surface area contributed by atoms with Crippen LogP contribution in [0.5, 0.6) is 0 Å². The molecule has 0 bridgehead atoms. The summed E-state index contributed by atoms with van der Waals surface area (Å²) >= 11 is 0. The maximum Gasteiger partial charge on any atom is 0.223 e. The van der Waals surface area contributed by atoms with Gasteiger partial charge in [0.1, 0.15) is 0 Å². The number of piperidine rings is 1. The van der Waals surface area contributed by atoms with Gasteiger partial charge in [0.05, 0.1) is 0 Å². The molecule has 4 heteroatoms. The second-order valence-corrected chi connectivity index (χ2v) is 4.77. The molecule has 1 aliphatic heterocycles. The van der Waals surface area contributed by atoms with Crippen LogP contribution < -0.4 is 16.4 Å². The molecular formula is C14H21N3O. The van der Waals surface area contributed by atoms with Crippen LogP contribution in [-0.2, 0) is 17.9 Å². The Kier molecular flexibility index (Phi) is 4.73. The van der Waals surface area contributed by atoms with E-state index in [1.807, 2.05) is 24.3 Å². The zero-order chi connectivity index (χ0) is 12.8. The smallest absolute Gasteiger partial charge is 0.223 e. The van der Waals surface area contributed by atoms with E-state index >= 15 is 0 Å². The van der Waals surface area contributed by atoms with Crippen molar-refractivity contribution in [2.75, 3.05) is 13.1 Å². The van der Waals surface area contributed by atoms with Crippen LogP contribution in [0.4, 0.5) is 0 Å². The second-order valence-electron chi connectivity index (χ2n) is 4.77. The number of benzene rings is 1. The molecule has 0 unspecified atom stereocenters. The van der Waals surface area contributed by atoms with Gasteiger partial charge in [0.15, 0.2) is 0 Å². The highest BCUT2D eigenvalue weighted by molar-refractivity contribution is 5.78. The molecule has 0 radical (unpaired) electrons. The third-order valence-electron chi connectivity index (χ3n) is 3.40. The fraction of sp³-hybridized carbons (Fsp3) is 0.500. The second kappa shape index (κ2) is 6.52. The van der Waals surface area contributed by atoms with Crippen molar-refractivity contribution in [1.29, 1.82) is 0 Å². The molecule has 4 nitrogen and oxygen atoms in total. The summed E-state index contributed by atoms with van der Waals surface area (Å²) in [4.78, 5) is 12.0. The van der Waals surface area contributed by atoms with Crippen molar-refractivity contribution in [3.63, 3.8) is 0 Å². The molecule has 0 saturated carbocycles. The Bertz CT molecular complexity index is 400. The molecule has 98 valence electrons. The number of nitrogens with two attached hydrogens (primary N) is 1. The van der Waals surface area contributed by atoms with Crippen molar-refractivity contribution < 1.29 is 4.79 Å². The molecule has 4 N–H and O–H groups in total. The quantitative estimate of drug-likeness (QED) is 0.736. The lowest BCUT2D eigenvalue weighted by Crippen LogP contribution is -2.37. The molecule has 1 aromatic rings. The summed E-state index contributed by atoms with van der Waals surface area (Å²) < 4.78 is 0. The summed E-state index contributed by atoms with van der Waals surface area (Å²) in [6, 6.07) is 8.04. The molecule has 1 aromatic carbocycles. The molecule has 0 atom stereocenters. The molecule has 1 saturated heterocycles. The highest BCUT2D eigenvalue weighted by Gasteiger charge is 2.20. The monoisotopic (exact) mass is 247 g/mol. The van der Waals surface area contributed by atoms with E-state index in [-0.39, 0.29) is 11.8 Å². The number of hydrogen-bond donors (Lipinski definition) is 3. The summed E-state index contributed by atoms with van der Waals surface area (Å²) in [7, 11) is 0. The van der Waals surface area contributed by atoms with Gasteiger partial charge in [-0.25, -0.2) is 0 Å². The average molecular weight is 247 g/mol.